The second-order valence-corrected chi connectivity index (χ2v) is 5.76. The third kappa shape index (κ3) is 3.02. The Morgan fingerprint density at radius 2 is 2.10 bits per heavy atom. The van der Waals surface area contributed by atoms with Gasteiger partial charge in [-0.2, -0.15) is 0 Å². The molecular formula is C14H20N6O. The Balaban J connectivity index is 1.59. The number of hydrogen-bond donors (Lipinski definition) is 2. The van der Waals surface area contributed by atoms with Crippen molar-refractivity contribution in [3.8, 4) is 0 Å². The Morgan fingerprint density at radius 1 is 1.33 bits per heavy atom. The Labute approximate surface area is 123 Å². The molecule has 0 spiro atoms. The zero-order chi connectivity index (χ0) is 14.8. The van der Waals surface area contributed by atoms with E-state index in [1.54, 1.807) is 18.7 Å². The number of nitrogens with one attached hydrogen (secondary N) is 1. The van der Waals surface area contributed by atoms with Gasteiger partial charge in [-0.25, -0.2) is 9.97 Å². The van der Waals surface area contributed by atoms with E-state index in [1.807, 2.05) is 18.5 Å². The molecule has 0 saturated heterocycles. The molecule has 0 aromatic carbocycles. The number of aryl methyl sites for hydroxylation is 2. The summed E-state index contributed by atoms with van der Waals surface area (Å²) in [6, 6.07) is 0. The lowest BCUT2D eigenvalue weighted by Crippen LogP contribution is -2.22. The quantitative estimate of drug-likeness (QED) is 0.868. The average Bonchev–Trinajstić information content (AvgIpc) is 3.04. The van der Waals surface area contributed by atoms with Crippen LogP contribution in [-0.4, -0.2) is 42.5 Å². The second-order valence-electron chi connectivity index (χ2n) is 5.76. The molecule has 21 heavy (non-hydrogen) atoms. The highest BCUT2D eigenvalue weighted by atomic mass is 16.3. The van der Waals surface area contributed by atoms with Crippen LogP contribution in [0.1, 0.15) is 30.1 Å². The number of rotatable bonds is 4. The van der Waals surface area contributed by atoms with E-state index in [0.717, 1.165) is 24.2 Å². The fourth-order valence-electron chi connectivity index (χ4n) is 2.90. The highest BCUT2D eigenvalue weighted by molar-refractivity contribution is 5.24. The standard InChI is InChI=1S/C14H20N6O/c1-9-5-15-14(16-6-9)17-7-11-3-10(4-12(11)21)13-19-18-8-20(13)2/h5-6,8,10-12,21H,3-4,7H2,1-2H3,(H,15,16,17)/t10-,11+,12+/m0/s1. The number of aromatic nitrogens is 5. The molecule has 3 atom stereocenters. The van der Waals surface area contributed by atoms with Crippen molar-refractivity contribution in [2.24, 2.45) is 13.0 Å². The van der Waals surface area contributed by atoms with Gasteiger partial charge in [0.25, 0.3) is 0 Å². The van der Waals surface area contributed by atoms with Gasteiger partial charge in [0, 0.05) is 37.8 Å². The molecular weight excluding hydrogens is 268 g/mol. The van der Waals surface area contributed by atoms with Crippen LogP contribution in [0.2, 0.25) is 0 Å². The van der Waals surface area contributed by atoms with E-state index in [0.29, 0.717) is 12.5 Å². The molecule has 1 aliphatic rings. The highest BCUT2D eigenvalue weighted by Gasteiger charge is 2.35. The van der Waals surface area contributed by atoms with Crippen molar-refractivity contribution in [2.75, 3.05) is 11.9 Å². The lowest BCUT2D eigenvalue weighted by Gasteiger charge is -2.14. The molecule has 0 amide bonds. The Hall–Kier alpha value is -2.02. The Bertz CT molecular complexity index is 596. The van der Waals surface area contributed by atoms with Crippen LogP contribution in [0.4, 0.5) is 5.95 Å². The molecule has 0 radical (unpaired) electrons. The summed E-state index contributed by atoms with van der Waals surface area (Å²) in [4.78, 5) is 8.43. The molecule has 7 nitrogen and oxygen atoms in total. The Morgan fingerprint density at radius 3 is 2.76 bits per heavy atom. The molecule has 112 valence electrons. The smallest absolute Gasteiger partial charge is 0.222 e. The molecule has 3 rings (SSSR count). The van der Waals surface area contributed by atoms with E-state index < -0.39 is 0 Å². The highest BCUT2D eigenvalue weighted by Crippen LogP contribution is 2.37. The third-order valence-corrected chi connectivity index (χ3v) is 4.07. The van der Waals surface area contributed by atoms with Gasteiger partial charge in [0.05, 0.1) is 6.10 Å². The summed E-state index contributed by atoms with van der Waals surface area (Å²) in [5.41, 5.74) is 1.03. The van der Waals surface area contributed by atoms with E-state index in [9.17, 15) is 5.11 Å². The number of aliphatic hydroxyl groups is 1. The molecule has 7 heteroatoms. The van der Waals surface area contributed by atoms with Crippen LogP contribution < -0.4 is 5.32 Å². The van der Waals surface area contributed by atoms with Crippen LogP contribution in [0.15, 0.2) is 18.7 Å². The third-order valence-electron chi connectivity index (χ3n) is 4.07. The maximum atomic E-state index is 10.2. The van der Waals surface area contributed by atoms with Crippen molar-refractivity contribution in [1.29, 1.82) is 0 Å². The monoisotopic (exact) mass is 288 g/mol. The zero-order valence-corrected chi connectivity index (χ0v) is 12.3. The maximum absolute atomic E-state index is 10.2. The van der Waals surface area contributed by atoms with Crippen LogP contribution in [0.3, 0.4) is 0 Å². The lowest BCUT2D eigenvalue weighted by atomic mass is 10.0. The summed E-state index contributed by atoms with van der Waals surface area (Å²) in [6.45, 7) is 2.62. The normalized spacial score (nSPS) is 25.2. The molecule has 2 aromatic rings. The van der Waals surface area contributed by atoms with Crippen molar-refractivity contribution in [3.05, 3.63) is 30.1 Å². The molecule has 1 saturated carbocycles. The van der Waals surface area contributed by atoms with Gasteiger partial charge in [-0.05, 0) is 25.3 Å². The van der Waals surface area contributed by atoms with Crippen molar-refractivity contribution in [2.45, 2.75) is 31.8 Å². The SMILES string of the molecule is Cc1cnc(NC[C@H]2C[C@H](c3nncn3C)C[C@H]2O)nc1. The first-order valence-corrected chi connectivity index (χ1v) is 7.18. The van der Waals surface area contributed by atoms with Gasteiger partial charge in [0.2, 0.25) is 5.95 Å². The van der Waals surface area contributed by atoms with Crippen molar-refractivity contribution in [3.63, 3.8) is 0 Å². The summed E-state index contributed by atoms with van der Waals surface area (Å²) in [7, 11) is 1.94. The number of hydrogen-bond acceptors (Lipinski definition) is 6. The van der Waals surface area contributed by atoms with E-state index in [2.05, 4.69) is 25.5 Å². The predicted molar refractivity (Wildman–Crippen MR) is 77.7 cm³/mol. The summed E-state index contributed by atoms with van der Waals surface area (Å²) in [6.07, 6.45) is 6.56. The maximum Gasteiger partial charge on any atom is 0.222 e. The van der Waals surface area contributed by atoms with Crippen LogP contribution >= 0.6 is 0 Å². The summed E-state index contributed by atoms with van der Waals surface area (Å²) in [5, 5.41) is 21.5. The molecule has 1 aliphatic carbocycles. The van der Waals surface area contributed by atoms with Crippen LogP contribution in [0.25, 0.3) is 0 Å². The number of anilines is 1. The first-order chi connectivity index (χ1) is 10.1. The second kappa shape index (κ2) is 5.77. The zero-order valence-electron chi connectivity index (χ0n) is 12.3. The topological polar surface area (TPSA) is 88.8 Å². The van der Waals surface area contributed by atoms with Gasteiger partial charge in [-0.15, -0.1) is 10.2 Å². The molecule has 1 fully saturated rings. The molecule has 0 bridgehead atoms. The van der Waals surface area contributed by atoms with E-state index >= 15 is 0 Å². The predicted octanol–water partition coefficient (Wildman–Crippen LogP) is 0.880. The lowest BCUT2D eigenvalue weighted by molar-refractivity contribution is 0.137. The van der Waals surface area contributed by atoms with Crippen molar-refractivity contribution >= 4 is 5.95 Å². The average molecular weight is 288 g/mol. The molecule has 2 N–H and O–H groups in total. The van der Waals surface area contributed by atoms with Crippen LogP contribution in [-0.2, 0) is 7.05 Å². The van der Waals surface area contributed by atoms with Crippen molar-refractivity contribution < 1.29 is 5.11 Å². The first-order valence-electron chi connectivity index (χ1n) is 7.18. The Kier molecular flexibility index (Phi) is 3.83. The van der Waals surface area contributed by atoms with Gasteiger partial charge in [0.1, 0.15) is 12.2 Å². The van der Waals surface area contributed by atoms with Gasteiger partial charge in [-0.1, -0.05) is 0 Å². The minimum atomic E-state index is -0.329. The molecule has 0 unspecified atom stereocenters. The van der Waals surface area contributed by atoms with E-state index in [4.69, 9.17) is 0 Å². The van der Waals surface area contributed by atoms with E-state index in [1.165, 1.54) is 0 Å². The van der Waals surface area contributed by atoms with Gasteiger partial charge < -0.3 is 15.0 Å². The van der Waals surface area contributed by atoms with Gasteiger partial charge in [-0.3, -0.25) is 0 Å². The summed E-state index contributed by atoms with van der Waals surface area (Å²) in [5.74, 6) is 1.99. The van der Waals surface area contributed by atoms with Crippen LogP contribution in [0.5, 0.6) is 0 Å². The largest absolute Gasteiger partial charge is 0.393 e. The summed E-state index contributed by atoms with van der Waals surface area (Å²) < 4.78 is 1.93. The molecule has 2 aromatic heterocycles. The number of nitrogens with zero attached hydrogens (tertiary/aromatic N) is 5. The van der Waals surface area contributed by atoms with Crippen molar-refractivity contribution in [1.82, 2.24) is 24.7 Å². The van der Waals surface area contributed by atoms with E-state index in [-0.39, 0.29) is 17.9 Å². The van der Waals surface area contributed by atoms with Crippen LogP contribution in [0, 0.1) is 12.8 Å². The first kappa shape index (κ1) is 13.9. The fourth-order valence-corrected chi connectivity index (χ4v) is 2.90. The minimum absolute atomic E-state index is 0.177. The fraction of sp³-hybridized carbons (Fsp3) is 0.571. The van der Waals surface area contributed by atoms with Gasteiger partial charge in [0.15, 0.2) is 0 Å². The minimum Gasteiger partial charge on any atom is -0.393 e. The number of aliphatic hydroxyl groups excluding tert-OH is 1. The van der Waals surface area contributed by atoms with Gasteiger partial charge >= 0.3 is 0 Å². The molecule has 0 aliphatic heterocycles. The summed E-state index contributed by atoms with van der Waals surface area (Å²) >= 11 is 0. The molecule has 2 heterocycles.